The van der Waals surface area contributed by atoms with Crippen LogP contribution in [0, 0.1) is 18.5 Å². The molecule has 76 valence electrons. The van der Waals surface area contributed by atoms with Gasteiger partial charge in [-0.15, -0.1) is 0 Å². The summed E-state index contributed by atoms with van der Waals surface area (Å²) < 4.78 is 5.15. The summed E-state index contributed by atoms with van der Waals surface area (Å²) in [6.07, 6.45) is 0. The zero-order valence-corrected chi connectivity index (χ0v) is 9.20. The van der Waals surface area contributed by atoms with E-state index in [-0.39, 0.29) is 4.64 Å². The van der Waals surface area contributed by atoms with Crippen LogP contribution in [0.4, 0.5) is 0 Å². The van der Waals surface area contributed by atoms with Gasteiger partial charge >= 0.3 is 5.97 Å². The van der Waals surface area contributed by atoms with Gasteiger partial charge in [-0.3, -0.25) is 0 Å². The largest absolute Gasteiger partial charge is 0.462 e. The van der Waals surface area contributed by atoms with Gasteiger partial charge in [0.25, 0.3) is 0 Å². The van der Waals surface area contributed by atoms with Gasteiger partial charge in [-0.1, -0.05) is 12.2 Å². The van der Waals surface area contributed by atoms with Crippen molar-refractivity contribution in [1.82, 2.24) is 9.97 Å². The number of nitrogens with one attached hydrogen (secondary N) is 1. The minimum atomic E-state index is -0.418. The first-order valence-electron chi connectivity index (χ1n) is 4.31. The van der Waals surface area contributed by atoms with Crippen LogP contribution < -0.4 is 0 Å². The lowest BCUT2D eigenvalue weighted by molar-refractivity contribution is 0.0523. The Balaban J connectivity index is 3.21. The quantitative estimate of drug-likeness (QED) is 0.601. The first-order chi connectivity index (χ1) is 6.56. The molecule has 0 spiro atoms. The zero-order valence-electron chi connectivity index (χ0n) is 8.38. The molecule has 14 heavy (non-hydrogen) atoms. The van der Waals surface area contributed by atoms with Gasteiger partial charge in [0.1, 0.15) is 16.0 Å². The van der Waals surface area contributed by atoms with Crippen LogP contribution >= 0.6 is 12.2 Å². The second kappa shape index (κ2) is 4.32. The highest BCUT2D eigenvalue weighted by Crippen LogP contribution is 2.08. The minimum absolute atomic E-state index is 0.289. The number of esters is 1. The summed E-state index contributed by atoms with van der Waals surface area (Å²) in [5, 5.41) is 0. The second-order valence-electron chi connectivity index (χ2n) is 2.85. The van der Waals surface area contributed by atoms with E-state index in [0.717, 1.165) is 0 Å². The predicted octanol–water partition coefficient (Wildman–Crippen LogP) is 1.93. The topological polar surface area (TPSA) is 55.0 Å². The lowest BCUT2D eigenvalue weighted by Gasteiger charge is -2.05. The number of hydrogen-bond acceptors (Lipinski definition) is 4. The molecule has 1 rings (SSSR count). The van der Waals surface area contributed by atoms with E-state index >= 15 is 0 Å². The Kier molecular flexibility index (Phi) is 3.35. The smallest absolute Gasteiger partial charge is 0.343 e. The number of carbonyl (C=O) groups is 1. The Morgan fingerprint density at radius 3 is 2.71 bits per heavy atom. The minimum Gasteiger partial charge on any atom is -0.462 e. The summed E-state index contributed by atoms with van der Waals surface area (Å²) in [6.45, 7) is 5.65. The number of aromatic amines is 1. The molecule has 0 saturated heterocycles. The van der Waals surface area contributed by atoms with Crippen molar-refractivity contribution in [2.75, 3.05) is 6.61 Å². The summed E-state index contributed by atoms with van der Waals surface area (Å²) in [7, 11) is 0. The molecule has 0 aromatic carbocycles. The van der Waals surface area contributed by atoms with E-state index in [1.807, 2.05) is 0 Å². The highest BCUT2D eigenvalue weighted by molar-refractivity contribution is 7.71. The van der Waals surface area contributed by atoms with Crippen LogP contribution in [0.2, 0.25) is 0 Å². The molecular formula is C9H12N2O2S. The molecule has 1 N–H and O–H groups in total. The van der Waals surface area contributed by atoms with Crippen molar-refractivity contribution >= 4 is 18.2 Å². The van der Waals surface area contributed by atoms with Gasteiger partial charge in [0.05, 0.1) is 6.61 Å². The Hall–Kier alpha value is -1.23. The standard InChI is InChI=1S/C9H12N2O2S/c1-4-13-9(12)7-5(2)10-6(3)11-8(7)14/h4H2,1-3H3,(H,10,11,14). The van der Waals surface area contributed by atoms with Gasteiger partial charge in [-0.2, -0.15) is 0 Å². The number of rotatable bonds is 2. The second-order valence-corrected chi connectivity index (χ2v) is 3.23. The van der Waals surface area contributed by atoms with E-state index in [0.29, 0.717) is 23.7 Å². The normalized spacial score (nSPS) is 9.93. The Bertz CT molecular complexity index is 412. The molecular weight excluding hydrogens is 200 g/mol. The Morgan fingerprint density at radius 2 is 2.21 bits per heavy atom. The predicted molar refractivity (Wildman–Crippen MR) is 54.9 cm³/mol. The van der Waals surface area contributed by atoms with E-state index in [2.05, 4.69) is 9.97 Å². The van der Waals surface area contributed by atoms with E-state index < -0.39 is 5.97 Å². The van der Waals surface area contributed by atoms with E-state index in [1.54, 1.807) is 20.8 Å². The SMILES string of the molecule is CCOC(=O)c1c(C)[nH]c(C)nc1=S. The molecule has 0 aliphatic heterocycles. The molecule has 1 heterocycles. The molecule has 0 aliphatic carbocycles. The molecule has 0 atom stereocenters. The lowest BCUT2D eigenvalue weighted by Crippen LogP contribution is -2.10. The van der Waals surface area contributed by atoms with E-state index in [9.17, 15) is 4.79 Å². The monoisotopic (exact) mass is 212 g/mol. The summed E-state index contributed by atoms with van der Waals surface area (Å²) in [6, 6.07) is 0. The molecule has 1 aromatic heterocycles. The summed E-state index contributed by atoms with van der Waals surface area (Å²) in [4.78, 5) is 18.4. The summed E-state index contributed by atoms with van der Waals surface area (Å²) in [5.74, 6) is 0.277. The van der Waals surface area contributed by atoms with Crippen LogP contribution in [0.25, 0.3) is 0 Å². The third kappa shape index (κ3) is 2.17. The molecule has 0 fully saturated rings. The number of aromatic nitrogens is 2. The maximum atomic E-state index is 11.4. The van der Waals surface area contributed by atoms with Crippen LogP contribution in [-0.2, 0) is 4.74 Å². The maximum Gasteiger partial charge on any atom is 0.343 e. The van der Waals surface area contributed by atoms with E-state index in [4.69, 9.17) is 17.0 Å². The van der Waals surface area contributed by atoms with Crippen LogP contribution in [0.3, 0.4) is 0 Å². The number of nitrogens with zero attached hydrogens (tertiary/aromatic N) is 1. The summed E-state index contributed by atoms with van der Waals surface area (Å²) in [5.41, 5.74) is 1.05. The Morgan fingerprint density at radius 1 is 1.57 bits per heavy atom. The van der Waals surface area contributed by atoms with Crippen LogP contribution in [0.5, 0.6) is 0 Å². The highest BCUT2D eigenvalue weighted by Gasteiger charge is 2.13. The first-order valence-corrected chi connectivity index (χ1v) is 4.71. The fourth-order valence-corrected chi connectivity index (χ4v) is 1.55. The van der Waals surface area contributed by atoms with Crippen molar-refractivity contribution in [3.63, 3.8) is 0 Å². The number of carbonyl (C=O) groups excluding carboxylic acids is 1. The number of hydrogen-bond donors (Lipinski definition) is 1. The molecule has 0 aliphatic rings. The van der Waals surface area contributed by atoms with Crippen LogP contribution in [0.15, 0.2) is 0 Å². The molecule has 0 saturated carbocycles. The highest BCUT2D eigenvalue weighted by atomic mass is 32.1. The molecule has 0 amide bonds. The third-order valence-electron chi connectivity index (χ3n) is 1.71. The number of H-pyrrole nitrogens is 1. The number of ether oxygens (including phenoxy) is 1. The zero-order chi connectivity index (χ0) is 10.7. The van der Waals surface area contributed by atoms with Crippen molar-refractivity contribution in [3.05, 3.63) is 21.7 Å². The Labute approximate surface area is 87.3 Å². The van der Waals surface area contributed by atoms with Crippen LogP contribution in [0.1, 0.15) is 28.8 Å². The van der Waals surface area contributed by atoms with Crippen molar-refractivity contribution in [2.45, 2.75) is 20.8 Å². The van der Waals surface area contributed by atoms with Crippen LogP contribution in [-0.4, -0.2) is 22.5 Å². The van der Waals surface area contributed by atoms with Crippen molar-refractivity contribution in [3.8, 4) is 0 Å². The van der Waals surface area contributed by atoms with E-state index in [1.165, 1.54) is 0 Å². The van der Waals surface area contributed by atoms with Gasteiger partial charge in [0, 0.05) is 5.69 Å². The lowest BCUT2D eigenvalue weighted by atomic mass is 10.2. The molecule has 4 nitrogen and oxygen atoms in total. The van der Waals surface area contributed by atoms with Gasteiger partial charge in [-0.05, 0) is 20.8 Å². The fraction of sp³-hybridized carbons (Fsp3) is 0.444. The molecule has 0 bridgehead atoms. The van der Waals surface area contributed by atoms with Crippen molar-refractivity contribution < 1.29 is 9.53 Å². The maximum absolute atomic E-state index is 11.4. The van der Waals surface area contributed by atoms with Gasteiger partial charge in [-0.25, -0.2) is 9.78 Å². The molecule has 0 radical (unpaired) electrons. The summed E-state index contributed by atoms with van der Waals surface area (Å²) >= 11 is 4.99. The average Bonchev–Trinajstić information content (AvgIpc) is 2.01. The van der Waals surface area contributed by atoms with Gasteiger partial charge in [0.2, 0.25) is 0 Å². The third-order valence-corrected chi connectivity index (χ3v) is 2.00. The van der Waals surface area contributed by atoms with Gasteiger partial charge in [0.15, 0.2) is 0 Å². The molecule has 0 unspecified atom stereocenters. The molecule has 5 heteroatoms. The average molecular weight is 212 g/mol. The van der Waals surface area contributed by atoms with Crippen molar-refractivity contribution in [1.29, 1.82) is 0 Å². The first kappa shape index (κ1) is 10.8. The van der Waals surface area contributed by atoms with Gasteiger partial charge < -0.3 is 9.72 Å². The van der Waals surface area contributed by atoms with Crippen molar-refractivity contribution in [2.24, 2.45) is 0 Å². The number of aryl methyl sites for hydroxylation is 2. The molecule has 1 aromatic rings. The fourth-order valence-electron chi connectivity index (χ4n) is 1.17.